The van der Waals surface area contributed by atoms with Gasteiger partial charge in [-0.15, -0.1) is 0 Å². The molecule has 1 aromatic heterocycles. The van der Waals surface area contributed by atoms with Gasteiger partial charge in [0.1, 0.15) is 12.4 Å². The Bertz CT molecular complexity index is 922. The summed E-state index contributed by atoms with van der Waals surface area (Å²) in [6.07, 6.45) is 1.73. The summed E-state index contributed by atoms with van der Waals surface area (Å²) in [7, 11) is 2.46. The molecular formula is C17H15N3O5. The minimum absolute atomic E-state index is 0.0279. The number of carbonyl (C=O) groups excluding carboxylic acids is 2. The monoisotopic (exact) mass is 341 g/mol. The van der Waals surface area contributed by atoms with Crippen LogP contribution < -0.4 is 4.90 Å². The van der Waals surface area contributed by atoms with E-state index >= 15 is 0 Å². The Kier molecular flexibility index (Phi) is 4.41. The lowest BCUT2D eigenvalue weighted by molar-refractivity contribution is -0.140. The number of aromatic nitrogens is 1. The van der Waals surface area contributed by atoms with Crippen molar-refractivity contribution in [1.82, 2.24) is 4.98 Å². The molecule has 0 fully saturated rings. The van der Waals surface area contributed by atoms with Crippen LogP contribution in [-0.2, 0) is 23.8 Å². The van der Waals surface area contributed by atoms with Crippen LogP contribution in [0.25, 0.3) is 10.9 Å². The van der Waals surface area contributed by atoms with Gasteiger partial charge in [0.15, 0.2) is 0 Å². The molecule has 0 unspecified atom stereocenters. The first-order chi connectivity index (χ1) is 12.1. The van der Waals surface area contributed by atoms with Gasteiger partial charge in [-0.25, -0.2) is 9.59 Å². The molecule has 0 spiro atoms. The van der Waals surface area contributed by atoms with Gasteiger partial charge < -0.3 is 24.1 Å². The van der Waals surface area contributed by atoms with Crippen molar-refractivity contribution in [1.29, 1.82) is 5.26 Å². The van der Waals surface area contributed by atoms with E-state index in [2.05, 4.69) is 11.1 Å². The summed E-state index contributed by atoms with van der Waals surface area (Å²) in [5.74, 6) is -1.36. The lowest BCUT2D eigenvalue weighted by Gasteiger charge is -2.31. The molecule has 0 radical (unpaired) electrons. The fourth-order valence-electron chi connectivity index (χ4n) is 2.77. The number of nitrogens with one attached hydrogen (secondary N) is 1. The Morgan fingerprint density at radius 1 is 1.28 bits per heavy atom. The van der Waals surface area contributed by atoms with Crippen molar-refractivity contribution < 1.29 is 23.8 Å². The summed E-state index contributed by atoms with van der Waals surface area (Å²) in [5, 5.41) is 10.0. The van der Waals surface area contributed by atoms with Crippen LogP contribution in [0, 0.1) is 11.3 Å². The number of hydrogen-bond donors (Lipinski definition) is 1. The maximum absolute atomic E-state index is 12.4. The zero-order valence-corrected chi connectivity index (χ0v) is 13.7. The molecule has 2 heterocycles. The highest BCUT2D eigenvalue weighted by atomic mass is 16.5. The van der Waals surface area contributed by atoms with Crippen LogP contribution in [-0.4, -0.2) is 44.5 Å². The first kappa shape index (κ1) is 16.5. The summed E-state index contributed by atoms with van der Waals surface area (Å²) in [6, 6.07) is 7.22. The van der Waals surface area contributed by atoms with Crippen molar-refractivity contribution in [3.05, 3.63) is 41.2 Å². The minimum Gasteiger partial charge on any atom is -0.466 e. The van der Waals surface area contributed by atoms with Crippen molar-refractivity contribution in [3.63, 3.8) is 0 Å². The van der Waals surface area contributed by atoms with E-state index in [1.165, 1.54) is 19.1 Å². The maximum atomic E-state index is 12.4. The first-order valence-corrected chi connectivity index (χ1v) is 7.37. The number of esters is 2. The van der Waals surface area contributed by atoms with Crippen molar-refractivity contribution in [3.8, 4) is 6.07 Å². The predicted molar refractivity (Wildman–Crippen MR) is 87.4 cm³/mol. The standard InChI is InChI=1S/C17H15N3O5/c1-23-16(21)12-8-25-9-20(15(12)17(22)24-2)14-6-10(7-18)5-13-11(14)3-4-19-13/h3-6,19H,8-9H2,1-2H3. The number of fused-ring (bicyclic) bond motifs is 1. The van der Waals surface area contributed by atoms with E-state index in [1.54, 1.807) is 18.3 Å². The molecule has 128 valence electrons. The molecule has 1 N–H and O–H groups in total. The summed E-state index contributed by atoms with van der Waals surface area (Å²) >= 11 is 0. The smallest absolute Gasteiger partial charge is 0.355 e. The highest BCUT2D eigenvalue weighted by Crippen LogP contribution is 2.33. The van der Waals surface area contributed by atoms with Crippen LogP contribution >= 0.6 is 0 Å². The van der Waals surface area contributed by atoms with E-state index in [9.17, 15) is 14.9 Å². The van der Waals surface area contributed by atoms with Crippen molar-refractivity contribution >= 4 is 28.5 Å². The summed E-state index contributed by atoms with van der Waals surface area (Å²) in [6.45, 7) is -0.0398. The number of H-pyrrole nitrogens is 1. The topological polar surface area (TPSA) is 105 Å². The molecule has 8 heteroatoms. The van der Waals surface area contributed by atoms with E-state index < -0.39 is 11.9 Å². The van der Waals surface area contributed by atoms with Gasteiger partial charge in [0, 0.05) is 17.1 Å². The van der Waals surface area contributed by atoms with Crippen molar-refractivity contribution in [2.24, 2.45) is 0 Å². The average molecular weight is 341 g/mol. The van der Waals surface area contributed by atoms with E-state index in [0.29, 0.717) is 11.3 Å². The number of aromatic amines is 1. The van der Waals surface area contributed by atoms with Crippen LogP contribution in [0.3, 0.4) is 0 Å². The number of nitrogens with zero attached hydrogens (tertiary/aromatic N) is 2. The van der Waals surface area contributed by atoms with Crippen LogP contribution in [0.5, 0.6) is 0 Å². The molecule has 1 aliphatic rings. The predicted octanol–water partition coefficient (Wildman–Crippen LogP) is 1.43. The zero-order chi connectivity index (χ0) is 18.0. The third kappa shape index (κ3) is 2.81. The highest BCUT2D eigenvalue weighted by molar-refractivity contribution is 6.06. The maximum Gasteiger partial charge on any atom is 0.355 e. The third-order valence-corrected chi connectivity index (χ3v) is 3.90. The second-order valence-corrected chi connectivity index (χ2v) is 5.26. The Hall–Kier alpha value is -3.31. The van der Waals surface area contributed by atoms with Crippen LogP contribution in [0.15, 0.2) is 35.7 Å². The van der Waals surface area contributed by atoms with E-state index in [-0.39, 0.29) is 24.6 Å². The number of rotatable bonds is 3. The van der Waals surface area contributed by atoms with Crippen molar-refractivity contribution in [2.45, 2.75) is 0 Å². The minimum atomic E-state index is -0.685. The van der Waals surface area contributed by atoms with Gasteiger partial charge in [-0.05, 0) is 18.2 Å². The Labute approximate surface area is 143 Å². The summed E-state index contributed by atoms with van der Waals surface area (Å²) in [5.41, 5.74) is 1.78. The Morgan fingerprint density at radius 3 is 2.72 bits per heavy atom. The van der Waals surface area contributed by atoms with Gasteiger partial charge in [-0.2, -0.15) is 5.26 Å². The zero-order valence-electron chi connectivity index (χ0n) is 13.7. The molecule has 0 atom stereocenters. The molecule has 0 saturated carbocycles. The van der Waals surface area contributed by atoms with Crippen LogP contribution in [0.4, 0.5) is 5.69 Å². The molecule has 2 aromatic rings. The third-order valence-electron chi connectivity index (χ3n) is 3.90. The fourth-order valence-corrected chi connectivity index (χ4v) is 2.77. The largest absolute Gasteiger partial charge is 0.466 e. The number of benzene rings is 1. The summed E-state index contributed by atoms with van der Waals surface area (Å²) < 4.78 is 15.1. The number of anilines is 1. The van der Waals surface area contributed by atoms with E-state index in [4.69, 9.17) is 14.2 Å². The van der Waals surface area contributed by atoms with E-state index in [0.717, 1.165) is 10.9 Å². The van der Waals surface area contributed by atoms with Gasteiger partial charge in [-0.3, -0.25) is 0 Å². The number of hydrogen-bond acceptors (Lipinski definition) is 7. The molecule has 0 aliphatic carbocycles. The Morgan fingerprint density at radius 2 is 2.04 bits per heavy atom. The lowest BCUT2D eigenvalue weighted by atomic mass is 10.1. The molecule has 1 aromatic carbocycles. The van der Waals surface area contributed by atoms with Gasteiger partial charge in [-0.1, -0.05) is 0 Å². The SMILES string of the molecule is COC(=O)C1=C(C(=O)OC)N(c2cc(C#N)cc3[nH]ccc23)COC1. The first-order valence-electron chi connectivity index (χ1n) is 7.37. The second kappa shape index (κ2) is 6.67. The molecule has 1 aliphatic heterocycles. The quantitative estimate of drug-likeness (QED) is 0.842. The number of ether oxygens (including phenoxy) is 3. The normalized spacial score (nSPS) is 14.4. The molecular weight excluding hydrogens is 326 g/mol. The molecule has 0 saturated heterocycles. The molecule has 0 bridgehead atoms. The number of methoxy groups -OCH3 is 2. The molecule has 3 rings (SSSR count). The van der Waals surface area contributed by atoms with Gasteiger partial charge in [0.2, 0.25) is 0 Å². The molecule has 8 nitrogen and oxygen atoms in total. The lowest BCUT2D eigenvalue weighted by Crippen LogP contribution is -2.38. The number of nitriles is 1. The van der Waals surface area contributed by atoms with Gasteiger partial charge >= 0.3 is 11.9 Å². The number of carbonyl (C=O) groups is 2. The van der Waals surface area contributed by atoms with Crippen LogP contribution in [0.1, 0.15) is 5.56 Å². The highest BCUT2D eigenvalue weighted by Gasteiger charge is 2.33. The van der Waals surface area contributed by atoms with Gasteiger partial charge in [0.25, 0.3) is 0 Å². The average Bonchev–Trinajstić information content (AvgIpc) is 3.13. The Balaban J connectivity index is 2.24. The van der Waals surface area contributed by atoms with E-state index in [1.807, 2.05) is 6.07 Å². The summed E-state index contributed by atoms with van der Waals surface area (Å²) in [4.78, 5) is 29.0. The van der Waals surface area contributed by atoms with Gasteiger partial charge in [0.05, 0.1) is 43.7 Å². The second-order valence-electron chi connectivity index (χ2n) is 5.26. The molecule has 25 heavy (non-hydrogen) atoms. The van der Waals surface area contributed by atoms with Crippen LogP contribution in [0.2, 0.25) is 0 Å². The van der Waals surface area contributed by atoms with Crippen molar-refractivity contribution in [2.75, 3.05) is 32.5 Å². The molecule has 0 amide bonds. The fraction of sp³-hybridized carbons (Fsp3) is 0.235.